The van der Waals surface area contributed by atoms with Crippen molar-refractivity contribution >= 4 is 5.91 Å². The molecule has 19 heavy (non-hydrogen) atoms. The standard InChI is InChI=1S/C15H15NO3/c17-14-9-11-4-7-19-10-12(11)8-13(14)15(18)16-5-2-1-3-6-16/h4,7-10H,1-3,5-6H2. The van der Waals surface area contributed by atoms with Crippen molar-refractivity contribution in [2.24, 2.45) is 0 Å². The molecule has 0 bridgehead atoms. The van der Waals surface area contributed by atoms with Gasteiger partial charge in [0.25, 0.3) is 5.91 Å². The maximum absolute atomic E-state index is 12.4. The van der Waals surface area contributed by atoms with Crippen molar-refractivity contribution in [3.8, 4) is 11.1 Å². The van der Waals surface area contributed by atoms with Crippen molar-refractivity contribution in [3.63, 3.8) is 0 Å². The molecule has 0 aromatic rings. The van der Waals surface area contributed by atoms with Gasteiger partial charge in [-0.2, -0.15) is 0 Å². The minimum atomic E-state index is -0.214. The first-order valence-electron chi connectivity index (χ1n) is 6.55. The minimum Gasteiger partial charge on any atom is -0.472 e. The second kappa shape index (κ2) is 4.88. The summed E-state index contributed by atoms with van der Waals surface area (Å²) in [5.74, 6) is -0.157. The highest BCUT2D eigenvalue weighted by molar-refractivity contribution is 5.95. The zero-order valence-corrected chi connectivity index (χ0v) is 10.6. The quantitative estimate of drug-likeness (QED) is 0.788. The van der Waals surface area contributed by atoms with Gasteiger partial charge < -0.3 is 9.32 Å². The number of amides is 1. The van der Waals surface area contributed by atoms with Gasteiger partial charge >= 0.3 is 0 Å². The molecule has 3 rings (SSSR count). The predicted molar refractivity (Wildman–Crippen MR) is 71.4 cm³/mol. The summed E-state index contributed by atoms with van der Waals surface area (Å²) in [5, 5.41) is 0. The van der Waals surface area contributed by atoms with E-state index in [1.54, 1.807) is 23.3 Å². The molecule has 0 aromatic carbocycles. The highest BCUT2D eigenvalue weighted by Crippen LogP contribution is 2.21. The average molecular weight is 257 g/mol. The summed E-state index contributed by atoms with van der Waals surface area (Å²) in [7, 11) is 0. The van der Waals surface area contributed by atoms with E-state index in [4.69, 9.17) is 4.42 Å². The van der Waals surface area contributed by atoms with Crippen LogP contribution in [0.25, 0.3) is 11.1 Å². The van der Waals surface area contributed by atoms with Gasteiger partial charge in [-0.05, 0) is 43.0 Å². The highest BCUT2D eigenvalue weighted by atomic mass is 16.3. The third-order valence-electron chi connectivity index (χ3n) is 3.58. The number of piperidine rings is 1. The maximum Gasteiger partial charge on any atom is 0.257 e. The Kier molecular flexibility index (Phi) is 3.07. The van der Waals surface area contributed by atoms with Gasteiger partial charge in [0.1, 0.15) is 0 Å². The van der Waals surface area contributed by atoms with E-state index in [2.05, 4.69) is 0 Å². The Balaban J connectivity index is 2.00. The largest absolute Gasteiger partial charge is 0.472 e. The molecule has 0 unspecified atom stereocenters. The summed E-state index contributed by atoms with van der Waals surface area (Å²) in [4.78, 5) is 26.2. The summed E-state index contributed by atoms with van der Waals surface area (Å²) in [5.41, 5.74) is 1.61. The molecule has 1 saturated heterocycles. The molecule has 1 aliphatic carbocycles. The van der Waals surface area contributed by atoms with Crippen LogP contribution in [0.4, 0.5) is 0 Å². The monoisotopic (exact) mass is 257 g/mol. The lowest BCUT2D eigenvalue weighted by molar-refractivity contribution is 0.0723. The molecule has 1 fully saturated rings. The molecule has 2 aliphatic heterocycles. The topological polar surface area (TPSA) is 50.5 Å². The zero-order valence-electron chi connectivity index (χ0n) is 10.6. The van der Waals surface area contributed by atoms with Gasteiger partial charge in [-0.15, -0.1) is 0 Å². The SMILES string of the molecule is O=C(c1cc2coccc-2cc1=O)N1CCCCC1. The van der Waals surface area contributed by atoms with Crippen molar-refractivity contribution < 1.29 is 9.21 Å². The third kappa shape index (κ3) is 2.26. The van der Waals surface area contributed by atoms with E-state index in [0.717, 1.165) is 43.5 Å². The summed E-state index contributed by atoms with van der Waals surface area (Å²) >= 11 is 0. The molecule has 0 saturated carbocycles. The molecule has 0 spiro atoms. The van der Waals surface area contributed by atoms with Gasteiger partial charge in [0.05, 0.1) is 18.1 Å². The molecule has 98 valence electrons. The highest BCUT2D eigenvalue weighted by Gasteiger charge is 2.21. The van der Waals surface area contributed by atoms with E-state index in [9.17, 15) is 9.59 Å². The van der Waals surface area contributed by atoms with Crippen LogP contribution >= 0.6 is 0 Å². The van der Waals surface area contributed by atoms with Gasteiger partial charge in [-0.25, -0.2) is 0 Å². The Hall–Kier alpha value is -2.10. The van der Waals surface area contributed by atoms with Gasteiger partial charge in [-0.3, -0.25) is 9.59 Å². The molecular weight excluding hydrogens is 242 g/mol. The first-order chi connectivity index (χ1) is 9.25. The van der Waals surface area contributed by atoms with Gasteiger partial charge in [0, 0.05) is 18.7 Å². The molecule has 1 amide bonds. The Morgan fingerprint density at radius 2 is 1.89 bits per heavy atom. The Morgan fingerprint density at radius 3 is 2.68 bits per heavy atom. The second-order valence-corrected chi connectivity index (χ2v) is 4.89. The molecule has 0 radical (unpaired) electrons. The van der Waals surface area contributed by atoms with Crippen LogP contribution in [-0.2, 0) is 0 Å². The van der Waals surface area contributed by atoms with Gasteiger partial charge in [0.15, 0.2) is 5.43 Å². The first-order valence-corrected chi connectivity index (χ1v) is 6.55. The molecule has 3 aliphatic rings. The molecule has 4 nitrogen and oxygen atoms in total. The van der Waals surface area contributed by atoms with Crippen LogP contribution in [-0.4, -0.2) is 23.9 Å². The van der Waals surface area contributed by atoms with Crippen LogP contribution in [0.2, 0.25) is 0 Å². The van der Waals surface area contributed by atoms with Crippen LogP contribution in [0.1, 0.15) is 29.6 Å². The molecule has 0 aromatic heterocycles. The number of carbonyl (C=O) groups is 1. The Bertz CT molecular complexity index is 626. The van der Waals surface area contributed by atoms with Crippen molar-refractivity contribution in [3.05, 3.63) is 46.5 Å². The lowest BCUT2D eigenvalue weighted by atomic mass is 10.0. The number of likely N-dealkylation sites (tertiary alicyclic amines) is 1. The Labute approximate surface area is 111 Å². The third-order valence-corrected chi connectivity index (χ3v) is 3.58. The van der Waals surface area contributed by atoms with Crippen molar-refractivity contribution in [2.45, 2.75) is 19.3 Å². The van der Waals surface area contributed by atoms with E-state index in [1.165, 1.54) is 12.3 Å². The molecule has 2 heterocycles. The Morgan fingerprint density at radius 1 is 1.11 bits per heavy atom. The number of nitrogens with zero attached hydrogens (tertiary/aromatic N) is 1. The molecular formula is C15H15NO3. The van der Waals surface area contributed by atoms with E-state index in [1.807, 2.05) is 0 Å². The lowest BCUT2D eigenvalue weighted by Crippen LogP contribution is -2.37. The number of rotatable bonds is 1. The van der Waals surface area contributed by atoms with Crippen LogP contribution in [0.15, 0.2) is 39.9 Å². The lowest BCUT2D eigenvalue weighted by Gasteiger charge is -2.26. The van der Waals surface area contributed by atoms with E-state index < -0.39 is 0 Å². The van der Waals surface area contributed by atoms with Crippen LogP contribution in [0, 0.1) is 0 Å². The minimum absolute atomic E-state index is 0.157. The number of hydrogen-bond acceptors (Lipinski definition) is 3. The number of hydrogen-bond donors (Lipinski definition) is 0. The summed E-state index contributed by atoms with van der Waals surface area (Å²) < 4.78 is 5.08. The smallest absolute Gasteiger partial charge is 0.257 e. The van der Waals surface area contributed by atoms with Crippen LogP contribution in [0.5, 0.6) is 0 Å². The zero-order chi connectivity index (χ0) is 13.2. The van der Waals surface area contributed by atoms with Crippen molar-refractivity contribution in [2.75, 3.05) is 13.1 Å². The van der Waals surface area contributed by atoms with Crippen molar-refractivity contribution in [1.29, 1.82) is 0 Å². The van der Waals surface area contributed by atoms with E-state index in [-0.39, 0.29) is 16.9 Å². The first kappa shape index (κ1) is 12.0. The number of carbonyl (C=O) groups excluding carboxylic acids is 1. The van der Waals surface area contributed by atoms with Crippen LogP contribution < -0.4 is 5.43 Å². The van der Waals surface area contributed by atoms with Crippen LogP contribution in [0.3, 0.4) is 0 Å². The second-order valence-electron chi connectivity index (χ2n) is 4.89. The predicted octanol–water partition coefficient (Wildman–Crippen LogP) is 2.37. The summed E-state index contributed by atoms with van der Waals surface area (Å²) in [6.07, 6.45) is 6.27. The van der Waals surface area contributed by atoms with E-state index >= 15 is 0 Å². The fraction of sp³-hybridized carbons (Fsp3) is 0.333. The number of benzene rings is 1. The fourth-order valence-electron chi connectivity index (χ4n) is 2.52. The normalized spacial score (nSPS) is 15.7. The maximum atomic E-state index is 12.4. The van der Waals surface area contributed by atoms with Crippen molar-refractivity contribution in [1.82, 2.24) is 4.90 Å². The molecule has 0 atom stereocenters. The summed E-state index contributed by atoms with van der Waals surface area (Å²) in [6.45, 7) is 1.49. The summed E-state index contributed by atoms with van der Waals surface area (Å²) in [6, 6.07) is 4.87. The fourth-order valence-corrected chi connectivity index (χ4v) is 2.52. The molecule has 4 heteroatoms. The number of fused-ring (bicyclic) bond motifs is 1. The van der Waals surface area contributed by atoms with Gasteiger partial charge in [-0.1, -0.05) is 0 Å². The van der Waals surface area contributed by atoms with E-state index in [0.29, 0.717) is 0 Å². The van der Waals surface area contributed by atoms with Gasteiger partial charge in [0.2, 0.25) is 0 Å². The molecule has 0 N–H and O–H groups in total. The average Bonchev–Trinajstić information content (AvgIpc) is 2.47.